The van der Waals surface area contributed by atoms with E-state index in [9.17, 15) is 0 Å². The van der Waals surface area contributed by atoms with Crippen LogP contribution in [0.4, 0.5) is 11.8 Å². The molecule has 2 N–H and O–H groups in total. The van der Waals surface area contributed by atoms with Crippen molar-refractivity contribution >= 4 is 28.3 Å². The number of hydrogen-bond donors (Lipinski definition) is 1. The number of nitrogens with two attached hydrogens (primary N) is 1. The molecule has 142 valence electrons. The molecule has 4 aromatic rings. The van der Waals surface area contributed by atoms with Crippen molar-refractivity contribution in [3.8, 4) is 5.75 Å². The van der Waals surface area contributed by atoms with Crippen molar-refractivity contribution in [3.05, 3.63) is 47.4 Å². The molecule has 0 radical (unpaired) electrons. The SMILES string of the molecule is COc1cccc2c1nc(N)n1nc(CN3CCCc4ccc(C)nc43)nc21. The molecular weight excluding hydrogens is 354 g/mol. The Hall–Kier alpha value is -3.42. The monoisotopic (exact) mass is 375 g/mol. The number of para-hydroxylation sites is 1. The first-order valence-corrected chi connectivity index (χ1v) is 9.33. The predicted octanol–water partition coefficient (Wildman–Crippen LogP) is 2.52. The number of fused-ring (bicyclic) bond motifs is 4. The maximum absolute atomic E-state index is 6.16. The zero-order valence-electron chi connectivity index (χ0n) is 15.9. The fraction of sp³-hybridized carbons (Fsp3) is 0.300. The Balaban J connectivity index is 1.59. The predicted molar refractivity (Wildman–Crippen MR) is 108 cm³/mol. The third kappa shape index (κ3) is 2.60. The summed E-state index contributed by atoms with van der Waals surface area (Å²) in [4.78, 5) is 16.2. The molecular formula is C20H21N7O. The van der Waals surface area contributed by atoms with Crippen molar-refractivity contribution < 1.29 is 4.74 Å². The van der Waals surface area contributed by atoms with Crippen LogP contribution in [0.15, 0.2) is 30.3 Å². The number of rotatable bonds is 3. The molecule has 1 aliphatic rings. The average molecular weight is 375 g/mol. The van der Waals surface area contributed by atoms with E-state index in [1.54, 1.807) is 11.6 Å². The number of hydrogen-bond acceptors (Lipinski definition) is 7. The van der Waals surface area contributed by atoms with Crippen LogP contribution >= 0.6 is 0 Å². The molecule has 3 aromatic heterocycles. The number of nitrogen functional groups attached to an aromatic ring is 1. The second-order valence-corrected chi connectivity index (χ2v) is 7.05. The summed E-state index contributed by atoms with van der Waals surface area (Å²) in [6, 6.07) is 9.97. The van der Waals surface area contributed by atoms with Gasteiger partial charge in [-0.3, -0.25) is 0 Å². The molecule has 8 nitrogen and oxygen atoms in total. The fourth-order valence-corrected chi connectivity index (χ4v) is 3.83. The number of aryl methyl sites for hydroxylation is 2. The highest BCUT2D eigenvalue weighted by Crippen LogP contribution is 2.29. The normalized spacial score (nSPS) is 13.9. The van der Waals surface area contributed by atoms with Crippen LogP contribution in [-0.4, -0.2) is 38.2 Å². The Morgan fingerprint density at radius 1 is 1.14 bits per heavy atom. The standard InChI is InChI=1S/C20H21N7O/c1-12-8-9-13-5-4-10-26(18(13)22-12)11-16-23-19-14-6-3-7-15(28-2)17(14)24-20(21)27(19)25-16/h3,6-9H,4-5,10-11H2,1-2H3,(H2,21,24). The summed E-state index contributed by atoms with van der Waals surface area (Å²) < 4.78 is 7.02. The van der Waals surface area contributed by atoms with Gasteiger partial charge < -0.3 is 15.4 Å². The Kier molecular flexibility index (Phi) is 3.78. The first-order valence-electron chi connectivity index (χ1n) is 9.33. The first-order chi connectivity index (χ1) is 13.6. The van der Waals surface area contributed by atoms with Gasteiger partial charge in [-0.25, -0.2) is 15.0 Å². The molecule has 8 heteroatoms. The Labute approximate surface area is 162 Å². The summed E-state index contributed by atoms with van der Waals surface area (Å²) >= 11 is 0. The smallest absolute Gasteiger partial charge is 0.223 e. The van der Waals surface area contributed by atoms with Gasteiger partial charge in [-0.1, -0.05) is 12.1 Å². The van der Waals surface area contributed by atoms with Crippen LogP contribution in [0.5, 0.6) is 5.75 Å². The summed E-state index contributed by atoms with van der Waals surface area (Å²) in [6.07, 6.45) is 2.15. The zero-order chi connectivity index (χ0) is 19.3. The van der Waals surface area contributed by atoms with E-state index in [0.717, 1.165) is 36.3 Å². The molecule has 0 bridgehead atoms. The van der Waals surface area contributed by atoms with E-state index < -0.39 is 0 Å². The molecule has 28 heavy (non-hydrogen) atoms. The van der Waals surface area contributed by atoms with Gasteiger partial charge in [-0.05, 0) is 43.5 Å². The minimum absolute atomic E-state index is 0.291. The lowest BCUT2D eigenvalue weighted by molar-refractivity contribution is 0.419. The largest absolute Gasteiger partial charge is 0.494 e. The number of pyridine rings is 1. The van der Waals surface area contributed by atoms with E-state index in [1.165, 1.54) is 5.56 Å². The summed E-state index contributed by atoms with van der Waals surface area (Å²) in [6.45, 7) is 3.53. The van der Waals surface area contributed by atoms with Crippen LogP contribution in [0.1, 0.15) is 23.5 Å². The highest BCUT2D eigenvalue weighted by molar-refractivity contribution is 5.95. The van der Waals surface area contributed by atoms with Crippen molar-refractivity contribution in [1.29, 1.82) is 0 Å². The third-order valence-corrected chi connectivity index (χ3v) is 5.16. The summed E-state index contributed by atoms with van der Waals surface area (Å²) in [5.41, 5.74) is 9.82. The number of ether oxygens (including phenoxy) is 1. The van der Waals surface area contributed by atoms with Gasteiger partial charge in [0.15, 0.2) is 11.5 Å². The van der Waals surface area contributed by atoms with Crippen molar-refractivity contribution in [2.24, 2.45) is 0 Å². The van der Waals surface area contributed by atoms with Gasteiger partial charge in [-0.2, -0.15) is 4.52 Å². The van der Waals surface area contributed by atoms with Crippen LogP contribution in [0.25, 0.3) is 16.6 Å². The van der Waals surface area contributed by atoms with Gasteiger partial charge in [0.1, 0.15) is 17.1 Å². The maximum Gasteiger partial charge on any atom is 0.223 e. The van der Waals surface area contributed by atoms with Crippen LogP contribution in [0.2, 0.25) is 0 Å². The van der Waals surface area contributed by atoms with Crippen LogP contribution in [0, 0.1) is 6.92 Å². The van der Waals surface area contributed by atoms with Crippen molar-refractivity contribution in [3.63, 3.8) is 0 Å². The molecule has 0 unspecified atom stereocenters. The number of aromatic nitrogens is 5. The lowest BCUT2D eigenvalue weighted by Gasteiger charge is -2.29. The second-order valence-electron chi connectivity index (χ2n) is 7.05. The molecule has 0 saturated carbocycles. The first kappa shape index (κ1) is 16.7. The summed E-state index contributed by atoms with van der Waals surface area (Å²) in [5, 5.41) is 5.48. The van der Waals surface area contributed by atoms with Crippen LogP contribution in [0.3, 0.4) is 0 Å². The molecule has 4 heterocycles. The quantitative estimate of drug-likeness (QED) is 0.588. The van der Waals surface area contributed by atoms with Crippen LogP contribution in [-0.2, 0) is 13.0 Å². The van der Waals surface area contributed by atoms with E-state index in [-0.39, 0.29) is 0 Å². The molecule has 0 amide bonds. The number of methoxy groups -OCH3 is 1. The second kappa shape index (κ2) is 6.33. The molecule has 1 aliphatic heterocycles. The van der Waals surface area contributed by atoms with Gasteiger partial charge in [0.2, 0.25) is 5.95 Å². The molecule has 0 saturated heterocycles. The van der Waals surface area contributed by atoms with Crippen molar-refractivity contribution in [2.75, 3.05) is 24.3 Å². The average Bonchev–Trinajstić information content (AvgIpc) is 3.13. The van der Waals surface area contributed by atoms with Crippen molar-refractivity contribution in [1.82, 2.24) is 24.6 Å². The highest BCUT2D eigenvalue weighted by Gasteiger charge is 2.21. The number of nitrogens with zero attached hydrogens (tertiary/aromatic N) is 6. The molecule has 5 rings (SSSR count). The summed E-state index contributed by atoms with van der Waals surface area (Å²) in [7, 11) is 1.62. The molecule has 0 atom stereocenters. The Bertz CT molecular complexity index is 1200. The molecule has 0 aliphatic carbocycles. The van der Waals surface area contributed by atoms with Crippen molar-refractivity contribution in [2.45, 2.75) is 26.3 Å². The van der Waals surface area contributed by atoms with Gasteiger partial charge >= 0.3 is 0 Å². The molecule has 0 fully saturated rings. The zero-order valence-corrected chi connectivity index (χ0v) is 15.9. The van der Waals surface area contributed by atoms with E-state index in [1.807, 2.05) is 25.1 Å². The van der Waals surface area contributed by atoms with Gasteiger partial charge in [0.25, 0.3) is 0 Å². The highest BCUT2D eigenvalue weighted by atomic mass is 16.5. The van der Waals surface area contributed by atoms with E-state index in [2.05, 4.69) is 27.1 Å². The topological polar surface area (TPSA) is 94.5 Å². The summed E-state index contributed by atoms with van der Waals surface area (Å²) in [5.74, 6) is 2.68. The minimum atomic E-state index is 0.291. The minimum Gasteiger partial charge on any atom is -0.494 e. The number of benzene rings is 1. The fourth-order valence-electron chi connectivity index (χ4n) is 3.83. The van der Waals surface area contributed by atoms with Gasteiger partial charge in [0, 0.05) is 17.6 Å². The van der Waals surface area contributed by atoms with E-state index in [0.29, 0.717) is 35.2 Å². The van der Waals surface area contributed by atoms with Gasteiger partial charge in [0.05, 0.1) is 13.7 Å². The lowest BCUT2D eigenvalue weighted by atomic mass is 10.1. The Morgan fingerprint density at radius 2 is 2.04 bits per heavy atom. The number of anilines is 2. The lowest BCUT2D eigenvalue weighted by Crippen LogP contribution is -2.30. The maximum atomic E-state index is 6.16. The third-order valence-electron chi connectivity index (χ3n) is 5.16. The van der Waals surface area contributed by atoms with E-state index >= 15 is 0 Å². The van der Waals surface area contributed by atoms with Gasteiger partial charge in [-0.15, -0.1) is 5.10 Å². The van der Waals surface area contributed by atoms with E-state index in [4.69, 9.17) is 20.4 Å². The van der Waals surface area contributed by atoms with Crippen LogP contribution < -0.4 is 15.4 Å². The Morgan fingerprint density at radius 3 is 2.89 bits per heavy atom. The molecule has 1 aromatic carbocycles. The molecule has 0 spiro atoms.